The summed E-state index contributed by atoms with van der Waals surface area (Å²) in [7, 11) is -4.13. The molecule has 0 fully saturated rings. The van der Waals surface area contributed by atoms with Crippen LogP contribution in [0.5, 0.6) is 0 Å². The second-order valence-electron chi connectivity index (χ2n) is 4.82. The number of rotatable bonds is 5. The second kappa shape index (κ2) is 8.36. The van der Waals surface area contributed by atoms with Crippen LogP contribution < -0.4 is 10.6 Å². The van der Waals surface area contributed by atoms with Gasteiger partial charge in [0.15, 0.2) is 0 Å². The van der Waals surface area contributed by atoms with Crippen molar-refractivity contribution in [2.24, 2.45) is 9.63 Å². The summed E-state index contributed by atoms with van der Waals surface area (Å²) in [4.78, 5) is 28.4. The lowest BCUT2D eigenvalue weighted by Gasteiger charge is -2.07. The highest BCUT2D eigenvalue weighted by molar-refractivity contribution is 7.90. The van der Waals surface area contributed by atoms with Crippen molar-refractivity contribution in [3.8, 4) is 0 Å². The molecule has 2 amide bonds. The van der Waals surface area contributed by atoms with Crippen molar-refractivity contribution in [3.05, 3.63) is 69.4 Å². The van der Waals surface area contributed by atoms with Crippen LogP contribution in [0.25, 0.3) is 20.9 Å². The molecule has 0 spiro atoms. The standard InChI is InChI=1S/C14H10N8O4S/c15-20-19-11-3-1-9(2-4-11)17-13(23)14(24)18-10-5-7-12(8-6-10)27(25,26)22-21-16/h1-8H,(H,17,23)(H,18,24). The predicted molar refractivity (Wildman–Crippen MR) is 95.3 cm³/mol. The molecule has 0 radical (unpaired) electrons. The molecule has 13 heteroatoms. The fraction of sp³-hybridized carbons (Fsp3) is 0. The summed E-state index contributed by atoms with van der Waals surface area (Å²) >= 11 is 0. The number of anilines is 2. The number of sulfonamides is 1. The maximum absolute atomic E-state index is 11.9. The zero-order valence-electron chi connectivity index (χ0n) is 13.3. The quantitative estimate of drug-likeness (QED) is 0.345. The summed E-state index contributed by atoms with van der Waals surface area (Å²) in [6.07, 6.45) is 0. The van der Waals surface area contributed by atoms with E-state index in [1.54, 1.807) is 0 Å². The Labute approximate surface area is 152 Å². The van der Waals surface area contributed by atoms with E-state index in [0.717, 1.165) is 12.1 Å². The van der Waals surface area contributed by atoms with Gasteiger partial charge in [-0.25, -0.2) is 8.42 Å². The number of carbonyl (C=O) groups excluding carboxylic acids is 2. The highest BCUT2D eigenvalue weighted by Crippen LogP contribution is 2.18. The van der Waals surface area contributed by atoms with E-state index in [9.17, 15) is 18.0 Å². The minimum absolute atomic E-state index is 0.161. The third kappa shape index (κ3) is 5.21. The number of amides is 2. The lowest BCUT2D eigenvalue weighted by Crippen LogP contribution is -2.29. The number of nitrogens with one attached hydrogen (secondary N) is 2. The molecular weight excluding hydrogens is 376 g/mol. The van der Waals surface area contributed by atoms with Crippen LogP contribution in [0.2, 0.25) is 0 Å². The molecule has 2 rings (SSSR count). The summed E-state index contributed by atoms with van der Waals surface area (Å²) in [6.45, 7) is 0. The highest BCUT2D eigenvalue weighted by atomic mass is 32.2. The first-order valence-electron chi connectivity index (χ1n) is 7.04. The number of carbonyl (C=O) groups is 2. The topological polar surface area (TPSA) is 190 Å². The largest absolute Gasteiger partial charge is 0.318 e. The van der Waals surface area contributed by atoms with E-state index < -0.39 is 21.8 Å². The van der Waals surface area contributed by atoms with Gasteiger partial charge >= 0.3 is 11.8 Å². The zero-order chi connectivity index (χ0) is 19.9. The zero-order valence-corrected chi connectivity index (χ0v) is 14.2. The fourth-order valence-electron chi connectivity index (χ4n) is 1.84. The van der Waals surface area contributed by atoms with Gasteiger partial charge in [0.25, 0.3) is 10.0 Å². The molecule has 2 aromatic rings. The van der Waals surface area contributed by atoms with Crippen LogP contribution in [0.4, 0.5) is 17.1 Å². The molecule has 0 heterocycles. The Morgan fingerprint density at radius 1 is 0.815 bits per heavy atom. The Kier molecular flexibility index (Phi) is 5.97. The Bertz CT molecular complexity index is 1070. The average molecular weight is 386 g/mol. The molecule has 0 aliphatic carbocycles. The van der Waals surface area contributed by atoms with Crippen molar-refractivity contribution < 1.29 is 18.0 Å². The summed E-state index contributed by atoms with van der Waals surface area (Å²) in [5, 5.41) is 8.01. The maximum Gasteiger partial charge on any atom is 0.314 e. The van der Waals surface area contributed by atoms with Crippen molar-refractivity contribution in [2.75, 3.05) is 10.6 Å². The number of benzene rings is 2. The van der Waals surface area contributed by atoms with Gasteiger partial charge in [-0.1, -0.05) is 17.2 Å². The molecule has 0 saturated carbocycles. The van der Waals surface area contributed by atoms with Crippen molar-refractivity contribution in [1.82, 2.24) is 0 Å². The van der Waals surface area contributed by atoms with Crippen LogP contribution in [0, 0.1) is 0 Å². The van der Waals surface area contributed by atoms with Gasteiger partial charge in [-0.05, 0) is 47.5 Å². The van der Waals surface area contributed by atoms with Gasteiger partial charge in [0.2, 0.25) is 0 Å². The third-order valence-electron chi connectivity index (χ3n) is 3.05. The maximum atomic E-state index is 11.9. The van der Waals surface area contributed by atoms with E-state index in [0.29, 0.717) is 11.4 Å². The smallest absolute Gasteiger partial charge is 0.314 e. The van der Waals surface area contributed by atoms with Gasteiger partial charge in [-0.3, -0.25) is 9.59 Å². The molecule has 0 unspecified atom stereocenters. The number of hydrogen-bond donors (Lipinski definition) is 2. The molecular formula is C14H10N8O4S. The number of nitrogens with zero attached hydrogens (tertiary/aromatic N) is 6. The number of azide groups is 2. The molecule has 2 N–H and O–H groups in total. The lowest BCUT2D eigenvalue weighted by atomic mass is 10.3. The van der Waals surface area contributed by atoms with Gasteiger partial charge in [-0.2, -0.15) is 0 Å². The van der Waals surface area contributed by atoms with Gasteiger partial charge in [0, 0.05) is 31.4 Å². The molecule has 2 aromatic carbocycles. The van der Waals surface area contributed by atoms with E-state index in [2.05, 4.69) is 30.1 Å². The van der Waals surface area contributed by atoms with Gasteiger partial charge in [0.05, 0.1) is 4.90 Å². The molecule has 0 aromatic heterocycles. The van der Waals surface area contributed by atoms with Crippen molar-refractivity contribution in [3.63, 3.8) is 0 Å². The van der Waals surface area contributed by atoms with Gasteiger partial charge < -0.3 is 10.6 Å². The van der Waals surface area contributed by atoms with E-state index in [1.807, 2.05) is 0 Å². The Morgan fingerprint density at radius 3 is 1.74 bits per heavy atom. The van der Waals surface area contributed by atoms with Crippen LogP contribution >= 0.6 is 0 Å². The Hall–Kier alpha value is -4.05. The Morgan fingerprint density at radius 2 is 1.30 bits per heavy atom. The lowest BCUT2D eigenvalue weighted by molar-refractivity contribution is -0.132. The van der Waals surface area contributed by atoms with Gasteiger partial charge in [0.1, 0.15) is 0 Å². The van der Waals surface area contributed by atoms with Crippen LogP contribution in [0.1, 0.15) is 0 Å². The van der Waals surface area contributed by atoms with E-state index >= 15 is 0 Å². The third-order valence-corrected chi connectivity index (χ3v) is 4.20. The SMILES string of the molecule is [N-]=[N+]=Nc1ccc(NC(=O)C(=O)Nc2ccc(S(=O)(=O)N=[N+]=[N-])cc2)cc1. The fourth-order valence-corrected chi connectivity index (χ4v) is 2.51. The van der Waals surface area contributed by atoms with E-state index in [-0.39, 0.29) is 10.6 Å². The summed E-state index contributed by atoms with van der Waals surface area (Å²) < 4.78 is 25.8. The van der Waals surface area contributed by atoms with Crippen LogP contribution in [-0.4, -0.2) is 20.2 Å². The predicted octanol–water partition coefficient (Wildman–Crippen LogP) is 3.20. The molecule has 0 bridgehead atoms. The van der Waals surface area contributed by atoms with Gasteiger partial charge in [-0.15, -0.1) is 0 Å². The summed E-state index contributed by atoms with van der Waals surface area (Å²) in [6, 6.07) is 10.5. The van der Waals surface area contributed by atoms with E-state index in [1.165, 1.54) is 36.4 Å². The minimum Gasteiger partial charge on any atom is -0.318 e. The molecule has 0 aliphatic rings. The van der Waals surface area contributed by atoms with Crippen LogP contribution in [0.3, 0.4) is 0 Å². The second-order valence-corrected chi connectivity index (χ2v) is 6.40. The Balaban J connectivity index is 2.02. The molecule has 136 valence electrons. The summed E-state index contributed by atoms with van der Waals surface area (Å²) in [5.74, 6) is -1.95. The molecule has 0 atom stereocenters. The van der Waals surface area contributed by atoms with Crippen molar-refractivity contribution in [2.45, 2.75) is 4.90 Å². The number of hydrogen-bond acceptors (Lipinski definition) is 5. The first-order valence-corrected chi connectivity index (χ1v) is 8.48. The first-order chi connectivity index (χ1) is 12.9. The summed E-state index contributed by atoms with van der Waals surface area (Å²) in [5.41, 5.74) is 17.3. The molecule has 12 nitrogen and oxygen atoms in total. The first kappa shape index (κ1) is 19.3. The average Bonchev–Trinajstić information content (AvgIpc) is 2.64. The normalized spacial score (nSPS) is 10.1. The van der Waals surface area contributed by atoms with Crippen LogP contribution in [-0.2, 0) is 19.6 Å². The van der Waals surface area contributed by atoms with Crippen LogP contribution in [0.15, 0.2) is 63.1 Å². The molecule has 0 saturated heterocycles. The van der Waals surface area contributed by atoms with E-state index in [4.69, 9.17) is 11.1 Å². The van der Waals surface area contributed by atoms with Crippen molar-refractivity contribution in [1.29, 1.82) is 0 Å². The van der Waals surface area contributed by atoms with Crippen molar-refractivity contribution >= 4 is 38.9 Å². The minimum atomic E-state index is -4.13. The molecule has 27 heavy (non-hydrogen) atoms. The highest BCUT2D eigenvalue weighted by Gasteiger charge is 2.15. The molecule has 0 aliphatic heterocycles. The monoisotopic (exact) mass is 386 g/mol.